The molecule has 0 spiro atoms. The van der Waals surface area contributed by atoms with E-state index in [4.69, 9.17) is 10.2 Å². The number of para-hydroxylation sites is 1. The molecule has 0 bridgehead atoms. The molecule has 0 fully saturated rings. The molecule has 1 aromatic carbocycles. The first kappa shape index (κ1) is 21.4. The van der Waals surface area contributed by atoms with Crippen LogP contribution in [0.5, 0.6) is 0 Å². The van der Waals surface area contributed by atoms with Gasteiger partial charge in [-0.05, 0) is 36.6 Å². The summed E-state index contributed by atoms with van der Waals surface area (Å²) in [6, 6.07) is 9.26. The third-order valence-electron chi connectivity index (χ3n) is 1.03. The molecule has 0 amide bonds. The van der Waals surface area contributed by atoms with E-state index in [1.54, 1.807) is 0 Å². The normalized spacial score (nSPS) is 6.94. The molecule has 4 nitrogen and oxygen atoms in total. The van der Waals surface area contributed by atoms with E-state index in [0.29, 0.717) is 0 Å². The van der Waals surface area contributed by atoms with Crippen LogP contribution in [0.25, 0.3) is 0 Å². The first-order valence-corrected chi connectivity index (χ1v) is 5.37. The number of rotatable bonds is 1. The highest BCUT2D eigenvalue weighted by Crippen LogP contribution is 2.03. The van der Waals surface area contributed by atoms with Crippen LogP contribution in [0.15, 0.2) is 30.3 Å². The number of thiocarbonyl (C=S) groups is 2. The van der Waals surface area contributed by atoms with Crippen molar-refractivity contribution in [2.75, 3.05) is 5.32 Å². The van der Waals surface area contributed by atoms with Crippen molar-refractivity contribution in [1.82, 2.24) is 0 Å². The first-order valence-electron chi connectivity index (χ1n) is 4.55. The summed E-state index contributed by atoms with van der Waals surface area (Å²) in [4.78, 5) is 0. The minimum absolute atomic E-state index is 0. The van der Waals surface area contributed by atoms with Crippen LogP contribution in [0, 0.1) is 0 Å². The molecular formula is C10H19AlN2O2S2. The lowest BCUT2D eigenvalue weighted by atomic mass is 10.3. The average molecular weight is 290 g/mol. The molecule has 0 atom stereocenters. The standard InChI is InChI=1S/C7H7NOS.C2H6.CH3NOS.Al.3H/c9-7(10)8-6-4-2-1-3-5-6;1-2;2-1(3)4;;;;/h1-5H,(H2,8,9,10);1-2H3;(H3,2,3,4);;;;. The lowest BCUT2D eigenvalue weighted by molar-refractivity contribution is 0.560. The van der Waals surface area contributed by atoms with Gasteiger partial charge in [-0.15, -0.1) is 0 Å². The Bertz CT molecular complexity index is 306. The molecule has 7 heteroatoms. The molecule has 17 heavy (non-hydrogen) atoms. The summed E-state index contributed by atoms with van der Waals surface area (Å²) in [6.07, 6.45) is 0. The SMILES string of the molecule is CC.NC(O)=S.OC(=S)Nc1ccccc1.[AlH3]. The number of nitrogens with one attached hydrogen (secondary N) is 1. The van der Waals surface area contributed by atoms with E-state index in [1.165, 1.54) is 0 Å². The van der Waals surface area contributed by atoms with Crippen molar-refractivity contribution in [3.05, 3.63) is 30.3 Å². The third kappa shape index (κ3) is 21.1. The molecule has 0 saturated carbocycles. The molecule has 0 aliphatic heterocycles. The average Bonchev–Trinajstić information content (AvgIpc) is 2.20. The molecule has 0 radical (unpaired) electrons. The quantitative estimate of drug-likeness (QED) is 0.464. The van der Waals surface area contributed by atoms with Crippen molar-refractivity contribution in [2.24, 2.45) is 5.73 Å². The highest BCUT2D eigenvalue weighted by atomic mass is 32.1. The van der Waals surface area contributed by atoms with Crippen molar-refractivity contribution < 1.29 is 10.2 Å². The van der Waals surface area contributed by atoms with Gasteiger partial charge in [0.05, 0.1) is 0 Å². The van der Waals surface area contributed by atoms with Crippen molar-refractivity contribution in [1.29, 1.82) is 0 Å². The summed E-state index contributed by atoms with van der Waals surface area (Å²) >= 11 is 8.29. The Morgan fingerprint density at radius 1 is 1.12 bits per heavy atom. The van der Waals surface area contributed by atoms with Gasteiger partial charge in [0, 0.05) is 5.69 Å². The molecule has 0 saturated heterocycles. The summed E-state index contributed by atoms with van der Waals surface area (Å²) in [7, 11) is 0. The maximum Gasteiger partial charge on any atom is 0.258 e. The van der Waals surface area contributed by atoms with Crippen LogP contribution in [0.1, 0.15) is 13.8 Å². The van der Waals surface area contributed by atoms with Gasteiger partial charge in [0.1, 0.15) is 0 Å². The number of aliphatic hydroxyl groups is 2. The number of benzene rings is 1. The van der Waals surface area contributed by atoms with Crippen LogP contribution in [-0.4, -0.2) is 37.9 Å². The van der Waals surface area contributed by atoms with Gasteiger partial charge in [0.25, 0.3) is 10.3 Å². The number of hydrogen-bond acceptors (Lipinski definition) is 2. The monoisotopic (exact) mass is 290 g/mol. The lowest BCUT2D eigenvalue weighted by Gasteiger charge is -1.99. The summed E-state index contributed by atoms with van der Waals surface area (Å²) in [5.74, 6) is 0. The summed E-state index contributed by atoms with van der Waals surface area (Å²) in [5, 5.41) is 18.1. The zero-order valence-corrected chi connectivity index (χ0v) is 10.8. The predicted octanol–water partition coefficient (Wildman–Crippen LogP) is 1.57. The maximum absolute atomic E-state index is 8.63. The second kappa shape index (κ2) is 15.1. The largest absolute Gasteiger partial charge is 0.487 e. The fourth-order valence-corrected chi connectivity index (χ4v) is 0.763. The summed E-state index contributed by atoms with van der Waals surface area (Å²) in [6.45, 7) is 4.00. The van der Waals surface area contributed by atoms with Gasteiger partial charge in [-0.2, -0.15) is 0 Å². The number of hydrogen-bond donors (Lipinski definition) is 4. The fraction of sp³-hybridized carbons (Fsp3) is 0.200. The molecule has 5 N–H and O–H groups in total. The molecule has 96 valence electrons. The van der Waals surface area contributed by atoms with E-state index in [0.717, 1.165) is 5.69 Å². The van der Waals surface area contributed by atoms with E-state index < -0.39 is 5.17 Å². The lowest BCUT2D eigenvalue weighted by Crippen LogP contribution is -2.05. The fourth-order valence-electron chi connectivity index (χ4n) is 0.645. The first-order chi connectivity index (χ1) is 7.52. The highest BCUT2D eigenvalue weighted by Gasteiger charge is 1.89. The minimum Gasteiger partial charge on any atom is -0.487 e. The van der Waals surface area contributed by atoms with Crippen LogP contribution in [-0.2, 0) is 0 Å². The van der Waals surface area contributed by atoms with Crippen LogP contribution in [0.4, 0.5) is 5.69 Å². The van der Waals surface area contributed by atoms with Gasteiger partial charge in [-0.1, -0.05) is 32.0 Å². The van der Waals surface area contributed by atoms with E-state index >= 15 is 0 Å². The number of anilines is 1. The Morgan fingerprint density at radius 3 is 1.76 bits per heavy atom. The van der Waals surface area contributed by atoms with E-state index in [2.05, 4.69) is 35.5 Å². The Kier molecular flexibility index (Phi) is 19.1. The molecule has 1 rings (SSSR count). The summed E-state index contributed by atoms with van der Waals surface area (Å²) < 4.78 is 0. The zero-order valence-electron chi connectivity index (χ0n) is 9.18. The van der Waals surface area contributed by atoms with Crippen LogP contribution < -0.4 is 11.1 Å². The molecule has 0 aliphatic carbocycles. The van der Waals surface area contributed by atoms with Crippen molar-refractivity contribution >= 4 is 57.8 Å². The third-order valence-corrected chi connectivity index (χ3v) is 1.13. The zero-order chi connectivity index (χ0) is 13.0. The van der Waals surface area contributed by atoms with E-state index in [9.17, 15) is 0 Å². The minimum atomic E-state index is -0.500. The maximum atomic E-state index is 8.63. The second-order valence-corrected chi connectivity index (χ2v) is 2.94. The molecule has 0 aliphatic rings. The van der Waals surface area contributed by atoms with E-state index in [1.807, 2.05) is 44.2 Å². The van der Waals surface area contributed by atoms with Gasteiger partial charge in [-0.25, -0.2) is 0 Å². The van der Waals surface area contributed by atoms with Gasteiger partial charge in [0.15, 0.2) is 17.4 Å². The molecule has 0 unspecified atom stereocenters. The van der Waals surface area contributed by atoms with Crippen LogP contribution >= 0.6 is 24.4 Å². The molecule has 1 aromatic rings. The van der Waals surface area contributed by atoms with Crippen molar-refractivity contribution in [3.63, 3.8) is 0 Å². The molecular weight excluding hydrogens is 271 g/mol. The Morgan fingerprint density at radius 2 is 1.47 bits per heavy atom. The molecule has 0 aromatic heterocycles. The number of nitrogens with two attached hydrogens (primary N) is 1. The Balaban J connectivity index is -0.000000242. The van der Waals surface area contributed by atoms with E-state index in [-0.39, 0.29) is 22.5 Å². The van der Waals surface area contributed by atoms with Gasteiger partial charge in [-0.3, -0.25) is 0 Å². The molecule has 0 heterocycles. The highest BCUT2D eigenvalue weighted by molar-refractivity contribution is 7.80. The Labute approximate surface area is 123 Å². The van der Waals surface area contributed by atoms with Gasteiger partial charge >= 0.3 is 0 Å². The second-order valence-electron chi connectivity index (χ2n) is 2.13. The summed E-state index contributed by atoms with van der Waals surface area (Å²) in [5.41, 5.74) is 5.20. The Hall–Kier alpha value is -0.868. The van der Waals surface area contributed by atoms with Crippen LogP contribution in [0.2, 0.25) is 0 Å². The van der Waals surface area contributed by atoms with Gasteiger partial charge in [0.2, 0.25) is 0 Å². The van der Waals surface area contributed by atoms with Crippen molar-refractivity contribution in [2.45, 2.75) is 13.8 Å². The predicted molar refractivity (Wildman–Crippen MR) is 86.0 cm³/mol. The van der Waals surface area contributed by atoms with Crippen molar-refractivity contribution in [3.8, 4) is 0 Å². The number of aliphatic hydroxyl groups excluding tert-OH is 2. The van der Waals surface area contributed by atoms with Crippen LogP contribution in [0.3, 0.4) is 0 Å². The topological polar surface area (TPSA) is 78.5 Å². The smallest absolute Gasteiger partial charge is 0.258 e. The van der Waals surface area contributed by atoms with Gasteiger partial charge < -0.3 is 21.3 Å².